The third-order valence-corrected chi connectivity index (χ3v) is 3.36. The Morgan fingerprint density at radius 1 is 1.21 bits per heavy atom. The predicted molar refractivity (Wildman–Crippen MR) is 60.6 cm³/mol. The summed E-state index contributed by atoms with van der Waals surface area (Å²) in [6.07, 6.45) is 6.56. The van der Waals surface area contributed by atoms with Gasteiger partial charge in [-0.15, -0.1) is 0 Å². The highest BCUT2D eigenvalue weighted by atomic mass is 16.5. The second-order valence-electron chi connectivity index (χ2n) is 4.50. The number of hydrogen-bond donors (Lipinski definition) is 1. The van der Waals surface area contributed by atoms with E-state index in [0.717, 1.165) is 19.8 Å². The van der Waals surface area contributed by atoms with Crippen LogP contribution in [0, 0.1) is 5.41 Å². The molecule has 0 aromatic heterocycles. The summed E-state index contributed by atoms with van der Waals surface area (Å²) >= 11 is 0. The minimum absolute atomic E-state index is 0.546. The van der Waals surface area contributed by atoms with Crippen molar-refractivity contribution in [3.8, 4) is 0 Å². The van der Waals surface area contributed by atoms with Crippen molar-refractivity contribution in [3.63, 3.8) is 0 Å². The second-order valence-corrected chi connectivity index (χ2v) is 4.50. The molecule has 0 radical (unpaired) electrons. The lowest BCUT2D eigenvalue weighted by atomic mass is 9.76. The van der Waals surface area contributed by atoms with Gasteiger partial charge in [0.1, 0.15) is 0 Å². The summed E-state index contributed by atoms with van der Waals surface area (Å²) in [6, 6.07) is 0. The maximum absolute atomic E-state index is 5.46. The first-order valence-electron chi connectivity index (χ1n) is 6.11. The zero-order valence-electron chi connectivity index (χ0n) is 9.77. The van der Waals surface area contributed by atoms with Gasteiger partial charge in [-0.3, -0.25) is 0 Å². The lowest BCUT2D eigenvalue weighted by molar-refractivity contribution is 0.00961. The van der Waals surface area contributed by atoms with Gasteiger partial charge in [-0.1, -0.05) is 26.7 Å². The Balaban J connectivity index is 2.39. The van der Waals surface area contributed by atoms with E-state index in [1.807, 2.05) is 0 Å². The van der Waals surface area contributed by atoms with Crippen LogP contribution >= 0.6 is 0 Å². The first-order valence-corrected chi connectivity index (χ1v) is 6.11. The van der Waals surface area contributed by atoms with Gasteiger partial charge in [-0.2, -0.15) is 0 Å². The van der Waals surface area contributed by atoms with Crippen LogP contribution in [0.1, 0.15) is 46.0 Å². The zero-order valence-corrected chi connectivity index (χ0v) is 9.77. The number of rotatable bonds is 6. The lowest BCUT2D eigenvalue weighted by Gasteiger charge is -2.37. The van der Waals surface area contributed by atoms with Gasteiger partial charge in [0, 0.05) is 19.8 Å². The van der Waals surface area contributed by atoms with E-state index in [1.165, 1.54) is 38.6 Å². The molecule has 1 aliphatic rings. The summed E-state index contributed by atoms with van der Waals surface area (Å²) in [4.78, 5) is 0. The van der Waals surface area contributed by atoms with Gasteiger partial charge in [0.25, 0.3) is 0 Å². The fraction of sp³-hybridized carbons (Fsp3) is 1.00. The van der Waals surface area contributed by atoms with E-state index in [4.69, 9.17) is 4.74 Å². The van der Waals surface area contributed by atoms with Crippen LogP contribution in [0.5, 0.6) is 0 Å². The van der Waals surface area contributed by atoms with Crippen LogP contribution in [0.25, 0.3) is 0 Å². The molecule has 1 saturated heterocycles. The van der Waals surface area contributed by atoms with E-state index >= 15 is 0 Å². The molecule has 2 nitrogen and oxygen atoms in total. The molecule has 0 aromatic carbocycles. The third-order valence-electron chi connectivity index (χ3n) is 3.36. The van der Waals surface area contributed by atoms with Crippen molar-refractivity contribution in [2.75, 3.05) is 26.3 Å². The Kier molecular flexibility index (Phi) is 5.49. The quantitative estimate of drug-likeness (QED) is 0.710. The molecular formula is C12H25NO. The molecule has 1 aliphatic heterocycles. The van der Waals surface area contributed by atoms with Crippen LogP contribution in [-0.4, -0.2) is 26.3 Å². The van der Waals surface area contributed by atoms with Crippen molar-refractivity contribution in [2.45, 2.75) is 46.0 Å². The van der Waals surface area contributed by atoms with Gasteiger partial charge in [0.2, 0.25) is 0 Å². The average molecular weight is 199 g/mol. The maximum Gasteiger partial charge on any atom is 0.0471 e. The number of nitrogens with one attached hydrogen (secondary N) is 1. The first kappa shape index (κ1) is 12.0. The monoisotopic (exact) mass is 199 g/mol. The molecule has 1 rings (SSSR count). The summed E-state index contributed by atoms with van der Waals surface area (Å²) in [7, 11) is 0. The van der Waals surface area contributed by atoms with E-state index in [1.54, 1.807) is 0 Å². The SMILES string of the molecule is CCCCC1(CNCC)CCOCC1. The van der Waals surface area contributed by atoms with Crippen LogP contribution in [0.2, 0.25) is 0 Å². The van der Waals surface area contributed by atoms with Crippen LogP contribution in [0.3, 0.4) is 0 Å². The summed E-state index contributed by atoms with van der Waals surface area (Å²) in [5, 5.41) is 3.51. The lowest BCUT2D eigenvalue weighted by Crippen LogP contribution is -2.39. The molecule has 14 heavy (non-hydrogen) atoms. The predicted octanol–water partition coefficient (Wildman–Crippen LogP) is 2.58. The van der Waals surface area contributed by atoms with E-state index in [-0.39, 0.29) is 0 Å². The minimum atomic E-state index is 0.546. The molecule has 0 spiro atoms. The molecule has 0 bridgehead atoms. The maximum atomic E-state index is 5.46. The molecule has 1 heterocycles. The molecule has 0 atom stereocenters. The van der Waals surface area contributed by atoms with Crippen molar-refractivity contribution in [2.24, 2.45) is 5.41 Å². The molecule has 2 heteroatoms. The largest absolute Gasteiger partial charge is 0.381 e. The van der Waals surface area contributed by atoms with Gasteiger partial charge in [0.15, 0.2) is 0 Å². The van der Waals surface area contributed by atoms with Crippen molar-refractivity contribution >= 4 is 0 Å². The van der Waals surface area contributed by atoms with Gasteiger partial charge in [0.05, 0.1) is 0 Å². The molecule has 0 amide bonds. The van der Waals surface area contributed by atoms with E-state index in [9.17, 15) is 0 Å². The number of ether oxygens (including phenoxy) is 1. The Bertz CT molecular complexity index is 131. The second kappa shape index (κ2) is 6.41. The van der Waals surface area contributed by atoms with Crippen molar-refractivity contribution in [1.82, 2.24) is 5.32 Å². The van der Waals surface area contributed by atoms with Crippen LogP contribution in [-0.2, 0) is 4.74 Å². The normalized spacial score (nSPS) is 21.0. The molecule has 0 aliphatic carbocycles. The molecular weight excluding hydrogens is 174 g/mol. The standard InChI is InChI=1S/C12H25NO/c1-3-5-6-12(11-13-4-2)7-9-14-10-8-12/h13H,3-11H2,1-2H3. The fourth-order valence-electron chi connectivity index (χ4n) is 2.26. The molecule has 0 saturated carbocycles. The zero-order chi connectivity index (χ0) is 10.3. The van der Waals surface area contributed by atoms with Gasteiger partial charge in [-0.25, -0.2) is 0 Å². The van der Waals surface area contributed by atoms with E-state index in [2.05, 4.69) is 19.2 Å². The van der Waals surface area contributed by atoms with Crippen LogP contribution in [0.15, 0.2) is 0 Å². The summed E-state index contributed by atoms with van der Waals surface area (Å²) in [5.41, 5.74) is 0.546. The van der Waals surface area contributed by atoms with E-state index < -0.39 is 0 Å². The highest BCUT2D eigenvalue weighted by Gasteiger charge is 2.31. The van der Waals surface area contributed by atoms with Gasteiger partial charge < -0.3 is 10.1 Å². The van der Waals surface area contributed by atoms with Crippen LogP contribution < -0.4 is 5.32 Å². The Morgan fingerprint density at radius 2 is 1.93 bits per heavy atom. The number of hydrogen-bond acceptors (Lipinski definition) is 2. The van der Waals surface area contributed by atoms with Crippen molar-refractivity contribution < 1.29 is 4.74 Å². The minimum Gasteiger partial charge on any atom is -0.381 e. The molecule has 0 aromatic rings. The Morgan fingerprint density at radius 3 is 2.50 bits per heavy atom. The average Bonchev–Trinajstić information content (AvgIpc) is 2.25. The first-order chi connectivity index (χ1) is 6.83. The Labute approximate surface area is 88.4 Å². The fourth-order valence-corrected chi connectivity index (χ4v) is 2.26. The molecule has 1 N–H and O–H groups in total. The topological polar surface area (TPSA) is 21.3 Å². The molecule has 84 valence electrons. The van der Waals surface area contributed by atoms with Crippen molar-refractivity contribution in [1.29, 1.82) is 0 Å². The summed E-state index contributed by atoms with van der Waals surface area (Å²) in [6.45, 7) is 8.68. The highest BCUT2D eigenvalue weighted by Crippen LogP contribution is 2.35. The van der Waals surface area contributed by atoms with Gasteiger partial charge >= 0.3 is 0 Å². The molecule has 0 unspecified atom stereocenters. The Hall–Kier alpha value is -0.0800. The summed E-state index contributed by atoms with van der Waals surface area (Å²) in [5.74, 6) is 0. The van der Waals surface area contributed by atoms with E-state index in [0.29, 0.717) is 5.41 Å². The highest BCUT2D eigenvalue weighted by molar-refractivity contribution is 4.83. The van der Waals surface area contributed by atoms with Crippen molar-refractivity contribution in [3.05, 3.63) is 0 Å². The summed E-state index contributed by atoms with van der Waals surface area (Å²) < 4.78 is 5.46. The smallest absolute Gasteiger partial charge is 0.0471 e. The number of unbranched alkanes of at least 4 members (excludes halogenated alkanes) is 1. The van der Waals surface area contributed by atoms with Crippen LogP contribution in [0.4, 0.5) is 0 Å². The third kappa shape index (κ3) is 3.58. The molecule has 1 fully saturated rings. The van der Waals surface area contributed by atoms with Gasteiger partial charge in [-0.05, 0) is 31.2 Å².